The van der Waals surface area contributed by atoms with Gasteiger partial charge in [0.2, 0.25) is 5.91 Å². The minimum absolute atomic E-state index is 0. The zero-order chi connectivity index (χ0) is 15.4. The Labute approximate surface area is 154 Å². The fourth-order valence-electron chi connectivity index (χ4n) is 3.09. The number of halogens is 3. The Hall–Kier alpha value is -0.920. The second kappa shape index (κ2) is 10.2. The Morgan fingerprint density at radius 3 is 2.62 bits per heavy atom. The van der Waals surface area contributed by atoms with Crippen LogP contribution in [0.5, 0.6) is 0 Å². The first-order valence-electron chi connectivity index (χ1n) is 7.83. The van der Waals surface area contributed by atoms with Gasteiger partial charge in [0.15, 0.2) is 0 Å². The lowest BCUT2D eigenvalue weighted by Gasteiger charge is -2.34. The number of benzene rings is 1. The number of morpholine rings is 1. The van der Waals surface area contributed by atoms with Crippen molar-refractivity contribution in [2.75, 3.05) is 39.4 Å². The highest BCUT2D eigenvalue weighted by Gasteiger charge is 2.32. The maximum atomic E-state index is 14.2. The van der Waals surface area contributed by atoms with Gasteiger partial charge in [-0.25, -0.2) is 4.39 Å². The summed E-state index contributed by atoms with van der Waals surface area (Å²) in [6, 6.07) is 6.06. The molecule has 24 heavy (non-hydrogen) atoms. The molecule has 5 nitrogen and oxygen atoms in total. The van der Waals surface area contributed by atoms with E-state index in [1.807, 2.05) is 4.90 Å². The first kappa shape index (κ1) is 21.1. The first-order chi connectivity index (χ1) is 10.8. The van der Waals surface area contributed by atoms with Crippen molar-refractivity contribution in [2.24, 2.45) is 0 Å². The van der Waals surface area contributed by atoms with Crippen LogP contribution in [0.4, 0.5) is 4.39 Å². The average Bonchev–Trinajstić information content (AvgIpc) is 3.03. The smallest absolute Gasteiger partial charge is 0.242 e. The second-order valence-electron chi connectivity index (χ2n) is 5.77. The minimum Gasteiger partial charge on any atom is -0.379 e. The Balaban J connectivity index is 0.00000144. The number of hydrogen-bond acceptors (Lipinski definition) is 4. The number of hydrogen-bond donors (Lipinski definition) is 2. The van der Waals surface area contributed by atoms with Crippen LogP contribution in [0, 0.1) is 5.82 Å². The fourth-order valence-corrected chi connectivity index (χ4v) is 3.09. The van der Waals surface area contributed by atoms with E-state index >= 15 is 0 Å². The molecule has 0 radical (unpaired) electrons. The summed E-state index contributed by atoms with van der Waals surface area (Å²) in [6.07, 6.45) is 0.916. The van der Waals surface area contributed by atoms with Crippen LogP contribution in [0.1, 0.15) is 18.0 Å². The Bertz CT molecular complexity index is 524. The van der Waals surface area contributed by atoms with Gasteiger partial charge in [-0.05, 0) is 19.0 Å². The van der Waals surface area contributed by atoms with E-state index in [4.69, 9.17) is 4.74 Å². The number of ether oxygens (including phenoxy) is 1. The normalized spacial score (nSPS) is 22.1. The van der Waals surface area contributed by atoms with Crippen molar-refractivity contribution in [1.29, 1.82) is 0 Å². The number of nitrogens with zero attached hydrogens (tertiary/aromatic N) is 1. The molecule has 1 aromatic carbocycles. The molecule has 0 bridgehead atoms. The van der Waals surface area contributed by atoms with Gasteiger partial charge in [0.25, 0.3) is 0 Å². The summed E-state index contributed by atoms with van der Waals surface area (Å²) >= 11 is 0. The average molecular weight is 380 g/mol. The van der Waals surface area contributed by atoms with Crippen LogP contribution in [0.2, 0.25) is 0 Å². The Morgan fingerprint density at radius 2 is 2.00 bits per heavy atom. The minimum atomic E-state index is -0.592. The molecule has 0 spiro atoms. The van der Waals surface area contributed by atoms with Crippen LogP contribution >= 0.6 is 24.8 Å². The summed E-state index contributed by atoms with van der Waals surface area (Å²) in [6.45, 7) is 4.10. The van der Waals surface area contributed by atoms with Gasteiger partial charge in [0.1, 0.15) is 11.9 Å². The molecule has 1 aromatic rings. The van der Waals surface area contributed by atoms with Crippen molar-refractivity contribution in [1.82, 2.24) is 15.5 Å². The lowest BCUT2D eigenvalue weighted by molar-refractivity contribution is -0.129. The second-order valence-corrected chi connectivity index (χ2v) is 5.77. The first-order valence-corrected chi connectivity index (χ1v) is 7.83. The molecule has 2 N–H and O–H groups in total. The van der Waals surface area contributed by atoms with E-state index in [1.165, 1.54) is 6.07 Å². The maximum Gasteiger partial charge on any atom is 0.242 e. The third kappa shape index (κ3) is 5.04. The van der Waals surface area contributed by atoms with Gasteiger partial charge in [-0.1, -0.05) is 18.2 Å². The van der Waals surface area contributed by atoms with Crippen LogP contribution in [-0.2, 0) is 9.53 Å². The van der Waals surface area contributed by atoms with Crippen molar-refractivity contribution in [2.45, 2.75) is 18.5 Å². The van der Waals surface area contributed by atoms with Crippen LogP contribution in [0.25, 0.3) is 0 Å². The number of amides is 1. The number of carbonyl (C=O) groups is 1. The highest BCUT2D eigenvalue weighted by Crippen LogP contribution is 2.25. The Morgan fingerprint density at radius 1 is 1.29 bits per heavy atom. The number of rotatable bonds is 4. The highest BCUT2D eigenvalue weighted by molar-refractivity contribution is 5.85. The van der Waals surface area contributed by atoms with E-state index in [1.54, 1.807) is 18.2 Å². The molecule has 2 aliphatic rings. The summed E-state index contributed by atoms with van der Waals surface area (Å²) in [5, 5.41) is 6.28. The summed E-state index contributed by atoms with van der Waals surface area (Å²) in [5.41, 5.74) is 0.438. The molecule has 2 heterocycles. The van der Waals surface area contributed by atoms with E-state index in [-0.39, 0.29) is 42.6 Å². The summed E-state index contributed by atoms with van der Waals surface area (Å²) in [7, 11) is 0. The molecule has 2 unspecified atom stereocenters. The van der Waals surface area contributed by atoms with Crippen LogP contribution in [-0.4, -0.2) is 56.2 Å². The Kier molecular flexibility index (Phi) is 8.94. The van der Waals surface area contributed by atoms with Gasteiger partial charge in [0, 0.05) is 31.2 Å². The number of nitrogens with one attached hydrogen (secondary N) is 2. The molecule has 1 amide bonds. The molecule has 0 aromatic heterocycles. The lowest BCUT2D eigenvalue weighted by Crippen LogP contribution is -2.48. The molecular weight excluding hydrogens is 356 g/mol. The van der Waals surface area contributed by atoms with Gasteiger partial charge >= 0.3 is 0 Å². The summed E-state index contributed by atoms with van der Waals surface area (Å²) in [4.78, 5) is 14.8. The van der Waals surface area contributed by atoms with Gasteiger partial charge in [-0.2, -0.15) is 0 Å². The van der Waals surface area contributed by atoms with Gasteiger partial charge < -0.3 is 15.4 Å². The molecule has 136 valence electrons. The summed E-state index contributed by atoms with van der Waals surface area (Å²) in [5.74, 6) is -0.459. The SMILES string of the molecule is Cl.Cl.O=C(NC1CCNC1)C(c1ccccc1F)N1CCOCC1. The molecule has 0 saturated carbocycles. The van der Waals surface area contributed by atoms with Crippen molar-refractivity contribution >= 4 is 30.7 Å². The molecule has 2 fully saturated rings. The van der Waals surface area contributed by atoms with Crippen LogP contribution in [0.3, 0.4) is 0 Å². The van der Waals surface area contributed by atoms with Crippen molar-refractivity contribution in [3.8, 4) is 0 Å². The van der Waals surface area contributed by atoms with E-state index in [0.29, 0.717) is 31.9 Å². The molecule has 2 aliphatic heterocycles. The zero-order valence-corrected chi connectivity index (χ0v) is 15.0. The quantitative estimate of drug-likeness (QED) is 0.832. The van der Waals surface area contributed by atoms with Gasteiger partial charge in [0.05, 0.1) is 13.2 Å². The lowest BCUT2D eigenvalue weighted by atomic mass is 10.0. The molecule has 2 saturated heterocycles. The molecule has 8 heteroatoms. The van der Waals surface area contributed by atoms with E-state index in [0.717, 1.165) is 19.5 Å². The van der Waals surface area contributed by atoms with Crippen LogP contribution in [0.15, 0.2) is 24.3 Å². The molecule has 0 aliphatic carbocycles. The van der Waals surface area contributed by atoms with E-state index in [9.17, 15) is 9.18 Å². The fraction of sp³-hybridized carbons (Fsp3) is 0.562. The topological polar surface area (TPSA) is 53.6 Å². The van der Waals surface area contributed by atoms with E-state index < -0.39 is 6.04 Å². The van der Waals surface area contributed by atoms with Crippen molar-refractivity contribution in [3.05, 3.63) is 35.6 Å². The molecule has 2 atom stereocenters. The summed E-state index contributed by atoms with van der Waals surface area (Å²) < 4.78 is 19.6. The van der Waals surface area contributed by atoms with Gasteiger partial charge in [-0.3, -0.25) is 9.69 Å². The standard InChI is InChI=1S/C16H22FN3O2.2ClH/c17-14-4-2-1-3-13(14)15(20-7-9-22-10-8-20)16(21)19-12-5-6-18-11-12;;/h1-4,12,15,18H,5-11H2,(H,19,21);2*1H. The predicted molar refractivity (Wildman–Crippen MR) is 95.4 cm³/mol. The third-order valence-electron chi connectivity index (χ3n) is 4.27. The van der Waals surface area contributed by atoms with E-state index in [2.05, 4.69) is 10.6 Å². The zero-order valence-electron chi connectivity index (χ0n) is 13.4. The predicted octanol–water partition coefficient (Wildman–Crippen LogP) is 1.52. The monoisotopic (exact) mass is 379 g/mol. The van der Waals surface area contributed by atoms with Crippen molar-refractivity contribution in [3.63, 3.8) is 0 Å². The van der Waals surface area contributed by atoms with Gasteiger partial charge in [-0.15, -0.1) is 24.8 Å². The third-order valence-corrected chi connectivity index (χ3v) is 4.27. The largest absolute Gasteiger partial charge is 0.379 e. The molecular formula is C16H24Cl2FN3O2. The number of carbonyl (C=O) groups excluding carboxylic acids is 1. The van der Waals surface area contributed by atoms with Crippen molar-refractivity contribution < 1.29 is 13.9 Å². The van der Waals surface area contributed by atoms with Crippen LogP contribution < -0.4 is 10.6 Å². The highest BCUT2D eigenvalue weighted by atomic mass is 35.5. The molecule has 3 rings (SSSR count). The maximum absolute atomic E-state index is 14.2.